The number of nitrogens with one attached hydrogen (secondary N) is 1. The van der Waals surface area contributed by atoms with Gasteiger partial charge in [-0.2, -0.15) is 18.2 Å². The highest BCUT2D eigenvalue weighted by Crippen LogP contribution is 2.31. The van der Waals surface area contributed by atoms with E-state index in [1.54, 1.807) is 43.5 Å². The molecular weight excluding hydrogens is 423 g/mol. The number of carbonyl (C=O) groups excluding carboxylic acids is 1. The average molecular weight is 439 g/mol. The molecule has 0 atom stereocenters. The maximum atomic E-state index is 12.7. The molecule has 162 valence electrons. The van der Waals surface area contributed by atoms with Gasteiger partial charge in [0, 0.05) is 16.8 Å². The molecule has 0 fully saturated rings. The Labute approximate surface area is 180 Å². The van der Waals surface area contributed by atoms with Crippen LogP contribution in [0.5, 0.6) is 5.75 Å². The highest BCUT2D eigenvalue weighted by Gasteiger charge is 2.30. The van der Waals surface area contributed by atoms with Gasteiger partial charge in [-0.1, -0.05) is 29.4 Å². The monoisotopic (exact) mass is 439 g/mol. The van der Waals surface area contributed by atoms with Crippen molar-refractivity contribution in [2.45, 2.75) is 6.18 Å². The molecule has 0 bridgehead atoms. The highest BCUT2D eigenvalue weighted by atomic mass is 19.4. The van der Waals surface area contributed by atoms with Crippen molar-refractivity contribution >= 4 is 11.6 Å². The first-order valence-corrected chi connectivity index (χ1v) is 9.41. The van der Waals surface area contributed by atoms with Crippen molar-refractivity contribution < 1.29 is 27.2 Å². The first-order valence-electron chi connectivity index (χ1n) is 9.41. The van der Waals surface area contributed by atoms with E-state index in [9.17, 15) is 18.0 Å². The van der Waals surface area contributed by atoms with Crippen molar-refractivity contribution in [3.8, 4) is 28.6 Å². The smallest absolute Gasteiger partial charge is 0.416 e. The third-order valence-electron chi connectivity index (χ3n) is 4.62. The van der Waals surface area contributed by atoms with Crippen LogP contribution in [0.1, 0.15) is 15.9 Å². The molecule has 32 heavy (non-hydrogen) atoms. The zero-order valence-electron chi connectivity index (χ0n) is 16.7. The number of para-hydroxylation sites is 1. The maximum absolute atomic E-state index is 12.7. The van der Waals surface area contributed by atoms with Gasteiger partial charge in [0.1, 0.15) is 5.75 Å². The summed E-state index contributed by atoms with van der Waals surface area (Å²) in [4.78, 5) is 16.8. The number of rotatable bonds is 5. The average Bonchev–Trinajstić information content (AvgIpc) is 3.29. The van der Waals surface area contributed by atoms with Crippen molar-refractivity contribution in [3.63, 3.8) is 0 Å². The summed E-state index contributed by atoms with van der Waals surface area (Å²) in [6, 6.07) is 17.9. The molecule has 1 N–H and O–H groups in total. The Bertz CT molecular complexity index is 1250. The topological polar surface area (TPSA) is 77.2 Å². The zero-order chi connectivity index (χ0) is 22.7. The van der Waals surface area contributed by atoms with Crippen molar-refractivity contribution in [3.05, 3.63) is 83.9 Å². The van der Waals surface area contributed by atoms with Gasteiger partial charge >= 0.3 is 6.18 Å². The number of hydrogen-bond acceptors (Lipinski definition) is 5. The van der Waals surface area contributed by atoms with E-state index < -0.39 is 17.6 Å². The van der Waals surface area contributed by atoms with E-state index >= 15 is 0 Å². The van der Waals surface area contributed by atoms with E-state index in [1.807, 2.05) is 12.1 Å². The molecule has 0 aliphatic rings. The Morgan fingerprint density at radius 1 is 1.00 bits per heavy atom. The Hall–Kier alpha value is -4.14. The molecule has 0 radical (unpaired) electrons. The molecule has 4 aromatic rings. The van der Waals surface area contributed by atoms with E-state index in [4.69, 9.17) is 9.26 Å². The minimum atomic E-state index is -4.46. The Morgan fingerprint density at radius 3 is 2.47 bits per heavy atom. The van der Waals surface area contributed by atoms with Gasteiger partial charge in [0.25, 0.3) is 11.8 Å². The lowest BCUT2D eigenvalue weighted by Gasteiger charge is -2.09. The number of amides is 1. The van der Waals surface area contributed by atoms with E-state index in [0.717, 1.165) is 24.3 Å². The second-order valence-corrected chi connectivity index (χ2v) is 6.73. The first-order chi connectivity index (χ1) is 15.3. The third kappa shape index (κ3) is 4.46. The number of hydrogen-bond donors (Lipinski definition) is 1. The Kier molecular flexibility index (Phi) is 5.63. The van der Waals surface area contributed by atoms with E-state index in [2.05, 4.69) is 15.5 Å². The van der Waals surface area contributed by atoms with Crippen LogP contribution in [0, 0.1) is 0 Å². The number of carbonyl (C=O) groups is 1. The van der Waals surface area contributed by atoms with Crippen LogP contribution in [-0.4, -0.2) is 23.2 Å². The van der Waals surface area contributed by atoms with Crippen LogP contribution >= 0.6 is 0 Å². The van der Waals surface area contributed by atoms with Crippen LogP contribution in [0.15, 0.2) is 77.3 Å². The molecule has 4 rings (SSSR count). The number of halogens is 3. The third-order valence-corrected chi connectivity index (χ3v) is 4.62. The minimum Gasteiger partial charge on any atom is -0.496 e. The molecule has 0 unspecified atom stereocenters. The summed E-state index contributed by atoms with van der Waals surface area (Å²) in [5.74, 6) is 0.618. The molecule has 1 amide bonds. The van der Waals surface area contributed by atoms with Gasteiger partial charge in [0.15, 0.2) is 0 Å². The summed E-state index contributed by atoms with van der Waals surface area (Å²) in [5.41, 5.74) is 0.928. The van der Waals surface area contributed by atoms with Gasteiger partial charge in [-0.05, 0) is 48.5 Å². The molecule has 0 aliphatic heterocycles. The van der Waals surface area contributed by atoms with Gasteiger partial charge in [-0.25, -0.2) is 0 Å². The number of aromatic nitrogens is 2. The first kappa shape index (κ1) is 21.1. The predicted molar refractivity (Wildman–Crippen MR) is 111 cm³/mol. The quantitative estimate of drug-likeness (QED) is 0.433. The Morgan fingerprint density at radius 2 is 1.75 bits per heavy atom. The summed E-state index contributed by atoms with van der Waals surface area (Å²) in [5, 5.41) is 6.65. The molecule has 0 spiro atoms. The van der Waals surface area contributed by atoms with E-state index in [-0.39, 0.29) is 11.5 Å². The van der Waals surface area contributed by atoms with E-state index in [0.29, 0.717) is 28.4 Å². The van der Waals surface area contributed by atoms with Gasteiger partial charge < -0.3 is 14.6 Å². The SMILES string of the molecule is COc1ccccc1-c1nc(-c2cccc(NC(=O)c3ccc(C(F)(F)F)cc3)c2)no1. The van der Waals surface area contributed by atoms with Gasteiger partial charge in [-0.3, -0.25) is 4.79 Å². The molecule has 0 saturated heterocycles. The van der Waals surface area contributed by atoms with Gasteiger partial charge in [0.2, 0.25) is 5.82 Å². The number of alkyl halides is 3. The van der Waals surface area contributed by atoms with Crippen molar-refractivity contribution in [2.75, 3.05) is 12.4 Å². The largest absolute Gasteiger partial charge is 0.496 e. The zero-order valence-corrected chi connectivity index (χ0v) is 16.7. The van der Waals surface area contributed by atoms with Crippen molar-refractivity contribution in [1.82, 2.24) is 10.1 Å². The van der Waals surface area contributed by atoms with Crippen LogP contribution in [0.25, 0.3) is 22.8 Å². The number of anilines is 1. The fourth-order valence-electron chi connectivity index (χ4n) is 3.02. The number of methoxy groups -OCH3 is 1. The second kappa shape index (κ2) is 8.54. The lowest BCUT2D eigenvalue weighted by atomic mass is 10.1. The van der Waals surface area contributed by atoms with Crippen LogP contribution in [0.4, 0.5) is 18.9 Å². The lowest BCUT2D eigenvalue weighted by Crippen LogP contribution is -2.12. The predicted octanol–water partition coefficient (Wildman–Crippen LogP) is 5.68. The minimum absolute atomic E-state index is 0.0985. The van der Waals surface area contributed by atoms with Crippen LogP contribution in [0.3, 0.4) is 0 Å². The summed E-state index contributed by atoms with van der Waals surface area (Å²) in [6.07, 6.45) is -4.46. The molecule has 0 aliphatic carbocycles. The highest BCUT2D eigenvalue weighted by molar-refractivity contribution is 6.04. The maximum Gasteiger partial charge on any atom is 0.416 e. The molecule has 9 heteroatoms. The summed E-state index contributed by atoms with van der Waals surface area (Å²) in [6.45, 7) is 0. The molecule has 1 heterocycles. The fraction of sp³-hybridized carbons (Fsp3) is 0.0870. The molecule has 3 aromatic carbocycles. The molecule has 0 saturated carbocycles. The number of ether oxygens (including phenoxy) is 1. The van der Waals surface area contributed by atoms with Crippen molar-refractivity contribution in [1.29, 1.82) is 0 Å². The molecule has 1 aromatic heterocycles. The van der Waals surface area contributed by atoms with Gasteiger partial charge in [0.05, 0.1) is 18.2 Å². The fourth-order valence-corrected chi connectivity index (χ4v) is 3.02. The Balaban J connectivity index is 1.53. The second-order valence-electron chi connectivity index (χ2n) is 6.73. The van der Waals surface area contributed by atoms with Crippen LogP contribution in [-0.2, 0) is 6.18 Å². The number of benzene rings is 3. The molecule has 6 nitrogen and oxygen atoms in total. The van der Waals surface area contributed by atoms with Crippen molar-refractivity contribution in [2.24, 2.45) is 0 Å². The normalized spacial score (nSPS) is 11.2. The van der Waals surface area contributed by atoms with Crippen LogP contribution in [0.2, 0.25) is 0 Å². The number of nitrogens with zero attached hydrogens (tertiary/aromatic N) is 2. The standard InChI is InChI=1S/C23H16F3N3O3/c1-31-19-8-3-2-7-18(19)22-28-20(29-32-22)15-5-4-6-17(13-15)27-21(30)14-9-11-16(12-10-14)23(24,25)26/h2-13H,1H3,(H,27,30). The molecular formula is C23H16F3N3O3. The van der Waals surface area contributed by atoms with Crippen LogP contribution < -0.4 is 10.1 Å². The summed E-state index contributed by atoms with van der Waals surface area (Å²) in [7, 11) is 1.54. The van der Waals surface area contributed by atoms with Gasteiger partial charge in [-0.15, -0.1) is 0 Å². The summed E-state index contributed by atoms with van der Waals surface area (Å²) >= 11 is 0. The lowest BCUT2D eigenvalue weighted by molar-refractivity contribution is -0.137. The summed E-state index contributed by atoms with van der Waals surface area (Å²) < 4.78 is 48.8. The van der Waals surface area contributed by atoms with E-state index in [1.165, 1.54) is 0 Å².